The van der Waals surface area contributed by atoms with Gasteiger partial charge in [-0.05, 0) is 67.4 Å². The van der Waals surface area contributed by atoms with Gasteiger partial charge in [0.2, 0.25) is 0 Å². The number of carbonyl (C=O) groups is 1. The smallest absolute Gasteiger partial charge is 0.286 e. The molecule has 2 atom stereocenters. The van der Waals surface area contributed by atoms with Gasteiger partial charge in [0.05, 0.1) is 18.2 Å². The summed E-state index contributed by atoms with van der Waals surface area (Å²) in [4.78, 5) is 21.2. The molecule has 4 nitrogen and oxygen atoms in total. The molecule has 0 unspecified atom stereocenters. The number of hydrogen-bond donors (Lipinski definition) is 0. The SMILES string of the molecule is [C-]#[N+]c1cccc([C@@H]2N(c3ccc(Cl)cc3)C(=O)N(c3ccc(Cl)cc3)[C@@]2(C)CC)c1. The highest BCUT2D eigenvalue weighted by Crippen LogP contribution is 2.49. The molecule has 1 fully saturated rings. The molecule has 0 aromatic heterocycles. The lowest BCUT2D eigenvalue weighted by atomic mass is 9.83. The maximum absolute atomic E-state index is 13.9. The largest absolute Gasteiger partial charge is 0.330 e. The molecule has 1 aliphatic rings. The van der Waals surface area contributed by atoms with Crippen molar-refractivity contribution in [3.05, 3.63) is 99.8 Å². The first kappa shape index (κ1) is 21.2. The van der Waals surface area contributed by atoms with Gasteiger partial charge < -0.3 is 0 Å². The Balaban J connectivity index is 1.94. The Morgan fingerprint density at radius 1 is 0.968 bits per heavy atom. The number of halogens is 2. The number of benzene rings is 3. The van der Waals surface area contributed by atoms with Crippen LogP contribution < -0.4 is 9.80 Å². The van der Waals surface area contributed by atoms with Crippen molar-refractivity contribution in [3.63, 3.8) is 0 Å². The summed E-state index contributed by atoms with van der Waals surface area (Å²) in [7, 11) is 0. The number of nitrogens with zero attached hydrogens (tertiary/aromatic N) is 3. The third-order valence-corrected chi connectivity index (χ3v) is 6.48. The summed E-state index contributed by atoms with van der Waals surface area (Å²) in [5.41, 5.74) is 2.43. The lowest BCUT2D eigenvalue weighted by Crippen LogP contribution is -2.45. The van der Waals surface area contributed by atoms with E-state index in [1.165, 1.54) is 0 Å². The molecular weight excluding hydrogens is 429 g/mol. The Bertz CT molecular complexity index is 1150. The predicted molar refractivity (Wildman–Crippen MR) is 127 cm³/mol. The van der Waals surface area contributed by atoms with Crippen LogP contribution >= 0.6 is 23.2 Å². The predicted octanol–water partition coefficient (Wildman–Crippen LogP) is 7.90. The van der Waals surface area contributed by atoms with Crippen LogP contribution in [0.15, 0.2) is 72.8 Å². The highest BCUT2D eigenvalue weighted by atomic mass is 35.5. The van der Waals surface area contributed by atoms with Crippen molar-refractivity contribution in [1.29, 1.82) is 0 Å². The lowest BCUT2D eigenvalue weighted by molar-refractivity contribution is 0.254. The van der Waals surface area contributed by atoms with E-state index in [4.69, 9.17) is 29.8 Å². The van der Waals surface area contributed by atoms with E-state index in [0.29, 0.717) is 22.2 Å². The van der Waals surface area contributed by atoms with Crippen LogP contribution in [-0.4, -0.2) is 11.6 Å². The first-order chi connectivity index (χ1) is 14.9. The molecule has 0 N–H and O–H groups in total. The van der Waals surface area contributed by atoms with E-state index in [-0.39, 0.29) is 12.1 Å². The number of carbonyl (C=O) groups excluding carboxylic acids is 1. The van der Waals surface area contributed by atoms with Crippen LogP contribution in [0.25, 0.3) is 4.85 Å². The van der Waals surface area contributed by atoms with Crippen molar-refractivity contribution in [1.82, 2.24) is 0 Å². The quantitative estimate of drug-likeness (QED) is 0.371. The van der Waals surface area contributed by atoms with Crippen LogP contribution in [0.3, 0.4) is 0 Å². The van der Waals surface area contributed by atoms with Gasteiger partial charge in [-0.25, -0.2) is 9.64 Å². The minimum atomic E-state index is -0.564. The second kappa shape index (κ2) is 8.26. The Labute approximate surface area is 192 Å². The molecule has 6 heteroatoms. The molecule has 1 saturated heterocycles. The van der Waals surface area contributed by atoms with Crippen LogP contribution in [0, 0.1) is 6.57 Å². The van der Waals surface area contributed by atoms with Crippen LogP contribution in [0.1, 0.15) is 31.9 Å². The van der Waals surface area contributed by atoms with Gasteiger partial charge in [-0.2, -0.15) is 0 Å². The Kier molecular flexibility index (Phi) is 5.66. The van der Waals surface area contributed by atoms with E-state index < -0.39 is 5.54 Å². The number of hydrogen-bond acceptors (Lipinski definition) is 1. The van der Waals surface area contributed by atoms with Crippen molar-refractivity contribution >= 4 is 46.3 Å². The zero-order valence-electron chi connectivity index (χ0n) is 17.2. The fourth-order valence-corrected chi connectivity index (χ4v) is 4.57. The summed E-state index contributed by atoms with van der Waals surface area (Å²) in [5, 5.41) is 1.22. The van der Waals surface area contributed by atoms with Crippen LogP contribution in [0.4, 0.5) is 21.9 Å². The maximum atomic E-state index is 13.9. The number of amides is 2. The number of urea groups is 1. The molecule has 0 radical (unpaired) electrons. The molecule has 0 saturated carbocycles. The van der Waals surface area contributed by atoms with E-state index >= 15 is 0 Å². The summed E-state index contributed by atoms with van der Waals surface area (Å²) >= 11 is 12.2. The molecule has 3 aromatic rings. The van der Waals surface area contributed by atoms with Gasteiger partial charge in [0.1, 0.15) is 0 Å². The Hall–Kier alpha value is -3.00. The zero-order chi connectivity index (χ0) is 22.2. The topological polar surface area (TPSA) is 27.9 Å². The van der Waals surface area contributed by atoms with E-state index in [1.807, 2.05) is 47.4 Å². The Morgan fingerprint density at radius 2 is 1.55 bits per heavy atom. The second-order valence-corrected chi connectivity index (χ2v) is 8.63. The average Bonchev–Trinajstić information content (AvgIpc) is 3.02. The third-order valence-electron chi connectivity index (χ3n) is 5.98. The van der Waals surface area contributed by atoms with Gasteiger partial charge >= 0.3 is 6.03 Å². The second-order valence-electron chi connectivity index (χ2n) is 7.76. The molecule has 4 rings (SSSR count). The minimum absolute atomic E-state index is 0.132. The maximum Gasteiger partial charge on any atom is 0.330 e. The summed E-state index contributed by atoms with van der Waals surface area (Å²) in [6, 6.07) is 21.7. The standard InChI is InChI=1S/C25H21Cl2N3O/c1-4-25(2)23(17-6-5-7-20(16-17)28-3)29(21-12-8-18(26)9-13-21)24(31)30(25)22-14-10-19(27)11-15-22/h5-16,23H,4H2,1-2H3/t23-,25-/m0/s1. The fourth-order valence-electron chi connectivity index (χ4n) is 4.32. The van der Waals surface area contributed by atoms with Crippen molar-refractivity contribution in [2.45, 2.75) is 31.8 Å². The molecule has 0 aliphatic carbocycles. The van der Waals surface area contributed by atoms with Crippen LogP contribution in [0.2, 0.25) is 10.0 Å². The van der Waals surface area contributed by atoms with Gasteiger partial charge in [-0.3, -0.25) is 9.80 Å². The molecule has 2 amide bonds. The first-order valence-electron chi connectivity index (χ1n) is 10.0. The third kappa shape index (κ3) is 3.65. The molecule has 156 valence electrons. The van der Waals surface area contributed by atoms with Gasteiger partial charge in [0.25, 0.3) is 0 Å². The average molecular weight is 450 g/mol. The van der Waals surface area contributed by atoms with Gasteiger partial charge in [0, 0.05) is 21.4 Å². The molecule has 1 aliphatic heterocycles. The molecule has 0 bridgehead atoms. The highest BCUT2D eigenvalue weighted by molar-refractivity contribution is 6.31. The molecule has 3 aromatic carbocycles. The summed E-state index contributed by atoms with van der Waals surface area (Å²) in [5.74, 6) is 0. The monoisotopic (exact) mass is 449 g/mol. The fraction of sp³-hybridized carbons (Fsp3) is 0.200. The van der Waals surface area contributed by atoms with Gasteiger partial charge in [0.15, 0.2) is 5.69 Å². The zero-order valence-corrected chi connectivity index (χ0v) is 18.7. The van der Waals surface area contributed by atoms with Crippen LogP contribution in [-0.2, 0) is 0 Å². The summed E-state index contributed by atoms with van der Waals surface area (Å²) in [6.45, 7) is 11.6. The Morgan fingerprint density at radius 3 is 2.10 bits per heavy atom. The first-order valence-corrected chi connectivity index (χ1v) is 10.8. The van der Waals surface area contributed by atoms with E-state index in [0.717, 1.165) is 16.9 Å². The van der Waals surface area contributed by atoms with E-state index in [1.54, 1.807) is 35.2 Å². The number of rotatable bonds is 4. The van der Waals surface area contributed by atoms with Crippen molar-refractivity contribution in [2.24, 2.45) is 0 Å². The van der Waals surface area contributed by atoms with E-state index in [2.05, 4.69) is 18.7 Å². The summed E-state index contributed by atoms with van der Waals surface area (Å²) in [6.07, 6.45) is 0.707. The van der Waals surface area contributed by atoms with Crippen molar-refractivity contribution in [2.75, 3.05) is 9.80 Å². The van der Waals surface area contributed by atoms with Crippen molar-refractivity contribution < 1.29 is 4.79 Å². The van der Waals surface area contributed by atoms with Crippen LogP contribution in [0.5, 0.6) is 0 Å². The van der Waals surface area contributed by atoms with E-state index in [9.17, 15) is 4.79 Å². The summed E-state index contributed by atoms with van der Waals surface area (Å²) < 4.78 is 0. The van der Waals surface area contributed by atoms with Gasteiger partial charge in [-0.1, -0.05) is 54.4 Å². The number of anilines is 2. The molecule has 1 heterocycles. The lowest BCUT2D eigenvalue weighted by Gasteiger charge is -2.38. The molecule has 31 heavy (non-hydrogen) atoms. The molecule has 0 spiro atoms. The minimum Gasteiger partial charge on any atom is -0.286 e. The highest BCUT2D eigenvalue weighted by Gasteiger charge is 2.55. The van der Waals surface area contributed by atoms with Gasteiger partial charge in [-0.15, -0.1) is 0 Å². The van der Waals surface area contributed by atoms with Crippen molar-refractivity contribution in [3.8, 4) is 0 Å². The molecular formula is C25H21Cl2N3O. The normalized spacial score (nSPS) is 20.7.